The molecular weight excluding hydrogens is 362 g/mol. The van der Waals surface area contributed by atoms with E-state index < -0.39 is 11.4 Å². The molecule has 5 nitrogen and oxygen atoms in total. The summed E-state index contributed by atoms with van der Waals surface area (Å²) < 4.78 is 5.17. The minimum atomic E-state index is -0.505. The Kier molecular flexibility index (Phi) is 6.54. The van der Waals surface area contributed by atoms with E-state index in [1.54, 1.807) is 18.2 Å². The zero-order valence-electron chi connectivity index (χ0n) is 16.3. The molecular formula is C21H25NO4S. The Labute approximate surface area is 163 Å². The fourth-order valence-corrected chi connectivity index (χ4v) is 3.25. The quantitative estimate of drug-likeness (QED) is 0.599. The minimum absolute atomic E-state index is 0.0498. The molecule has 6 heteroatoms. The molecule has 0 aliphatic rings. The van der Waals surface area contributed by atoms with E-state index in [0.29, 0.717) is 17.0 Å². The molecule has 0 saturated heterocycles. The van der Waals surface area contributed by atoms with Gasteiger partial charge in [0, 0.05) is 10.3 Å². The number of benzene rings is 1. The largest absolute Gasteiger partial charge is 0.454 e. The maximum Gasteiger partial charge on any atom is 0.338 e. The van der Waals surface area contributed by atoms with Crippen LogP contribution >= 0.6 is 11.3 Å². The third-order valence-electron chi connectivity index (χ3n) is 3.98. The van der Waals surface area contributed by atoms with Gasteiger partial charge < -0.3 is 10.1 Å². The van der Waals surface area contributed by atoms with Gasteiger partial charge in [0.25, 0.3) is 0 Å². The predicted molar refractivity (Wildman–Crippen MR) is 106 cm³/mol. The van der Waals surface area contributed by atoms with E-state index in [-0.39, 0.29) is 18.3 Å². The topological polar surface area (TPSA) is 72.5 Å². The lowest BCUT2D eigenvalue weighted by molar-refractivity contribution is -0.128. The Hall–Kier alpha value is -2.47. The highest BCUT2D eigenvalue weighted by Gasteiger charge is 2.21. The van der Waals surface area contributed by atoms with E-state index in [0.717, 1.165) is 16.0 Å². The van der Waals surface area contributed by atoms with Gasteiger partial charge in [0.05, 0.1) is 17.0 Å². The number of esters is 1. The second-order valence-electron chi connectivity index (χ2n) is 7.52. The Morgan fingerprint density at radius 1 is 1.07 bits per heavy atom. The number of aryl methyl sites for hydroxylation is 2. The van der Waals surface area contributed by atoms with Crippen molar-refractivity contribution in [2.24, 2.45) is 5.41 Å². The summed E-state index contributed by atoms with van der Waals surface area (Å²) >= 11 is 1.29. The summed E-state index contributed by atoms with van der Waals surface area (Å²) in [6.07, 6.45) is 0. The Morgan fingerprint density at radius 3 is 2.41 bits per heavy atom. The third-order valence-corrected chi connectivity index (χ3v) is 5.10. The van der Waals surface area contributed by atoms with Crippen LogP contribution in [0.5, 0.6) is 0 Å². The van der Waals surface area contributed by atoms with Crippen molar-refractivity contribution in [1.29, 1.82) is 0 Å². The first-order chi connectivity index (χ1) is 12.6. The van der Waals surface area contributed by atoms with E-state index >= 15 is 0 Å². The first-order valence-corrected chi connectivity index (χ1v) is 9.54. The number of carbonyl (C=O) groups excluding carboxylic acids is 3. The standard InChI is InChI=1S/C21H25NO4S/c1-13-6-8-16(14(2)10-13)19(24)26-12-17(23)18-9-7-15(27-18)11-22-20(25)21(3,4)5/h6-10H,11-12H2,1-5H3,(H,22,25). The summed E-state index contributed by atoms with van der Waals surface area (Å²) in [6, 6.07) is 8.93. The zero-order chi connectivity index (χ0) is 20.2. The van der Waals surface area contributed by atoms with Gasteiger partial charge in [-0.05, 0) is 37.6 Å². The highest BCUT2D eigenvalue weighted by molar-refractivity contribution is 7.14. The molecule has 1 heterocycles. The van der Waals surface area contributed by atoms with Gasteiger partial charge in [0.1, 0.15) is 0 Å². The van der Waals surface area contributed by atoms with Crippen LogP contribution in [0.3, 0.4) is 0 Å². The number of hydrogen-bond donors (Lipinski definition) is 1. The first-order valence-electron chi connectivity index (χ1n) is 8.72. The molecule has 1 aromatic heterocycles. The minimum Gasteiger partial charge on any atom is -0.454 e. The maximum atomic E-state index is 12.3. The number of ether oxygens (including phenoxy) is 1. The second-order valence-corrected chi connectivity index (χ2v) is 8.68. The van der Waals surface area contributed by atoms with Gasteiger partial charge in [-0.2, -0.15) is 0 Å². The second kappa shape index (κ2) is 8.48. The summed E-state index contributed by atoms with van der Waals surface area (Å²) in [6.45, 7) is 9.38. The molecule has 27 heavy (non-hydrogen) atoms. The van der Waals surface area contributed by atoms with Crippen LogP contribution in [0.4, 0.5) is 0 Å². The van der Waals surface area contributed by atoms with Crippen LogP contribution < -0.4 is 5.32 Å². The van der Waals surface area contributed by atoms with Gasteiger partial charge in [-0.3, -0.25) is 9.59 Å². The maximum absolute atomic E-state index is 12.3. The normalized spacial score (nSPS) is 11.1. The molecule has 0 aliphatic heterocycles. The molecule has 0 atom stereocenters. The first kappa shape index (κ1) is 20.8. The van der Waals surface area contributed by atoms with E-state index in [9.17, 15) is 14.4 Å². The van der Waals surface area contributed by atoms with E-state index in [2.05, 4.69) is 5.32 Å². The predicted octanol–water partition coefficient (Wildman–Crippen LogP) is 4.07. The van der Waals surface area contributed by atoms with Crippen LogP contribution in [0.25, 0.3) is 0 Å². The summed E-state index contributed by atoms with van der Waals surface area (Å²) in [5, 5.41) is 2.85. The molecule has 0 saturated carbocycles. The fourth-order valence-electron chi connectivity index (χ4n) is 2.38. The van der Waals surface area contributed by atoms with Crippen molar-refractivity contribution in [3.05, 3.63) is 56.8 Å². The van der Waals surface area contributed by atoms with Crippen molar-refractivity contribution < 1.29 is 19.1 Å². The van der Waals surface area contributed by atoms with Crippen LogP contribution in [-0.4, -0.2) is 24.3 Å². The van der Waals surface area contributed by atoms with Crippen molar-refractivity contribution in [3.63, 3.8) is 0 Å². The Bertz CT molecular complexity index is 861. The number of rotatable bonds is 6. The van der Waals surface area contributed by atoms with Gasteiger partial charge >= 0.3 is 5.97 Å². The summed E-state index contributed by atoms with van der Waals surface area (Å²) in [5.41, 5.74) is 1.88. The number of hydrogen-bond acceptors (Lipinski definition) is 5. The fraction of sp³-hybridized carbons (Fsp3) is 0.381. The van der Waals surface area contributed by atoms with Gasteiger partial charge in [0.15, 0.2) is 6.61 Å². The Balaban J connectivity index is 1.90. The summed E-state index contributed by atoms with van der Waals surface area (Å²) in [4.78, 5) is 37.7. The number of ketones is 1. The SMILES string of the molecule is Cc1ccc(C(=O)OCC(=O)c2ccc(CNC(=O)C(C)(C)C)s2)c(C)c1. The summed E-state index contributed by atoms with van der Waals surface area (Å²) in [5.74, 6) is -0.812. The van der Waals surface area contributed by atoms with Gasteiger partial charge in [-0.1, -0.05) is 38.5 Å². The molecule has 0 bridgehead atoms. The number of thiophene rings is 1. The smallest absolute Gasteiger partial charge is 0.338 e. The molecule has 0 aliphatic carbocycles. The van der Waals surface area contributed by atoms with Crippen molar-refractivity contribution in [2.75, 3.05) is 6.61 Å². The van der Waals surface area contributed by atoms with Crippen molar-refractivity contribution >= 4 is 29.0 Å². The highest BCUT2D eigenvalue weighted by Crippen LogP contribution is 2.19. The summed E-state index contributed by atoms with van der Waals surface area (Å²) in [7, 11) is 0. The molecule has 1 amide bonds. The molecule has 1 N–H and O–H groups in total. The van der Waals surface area contributed by atoms with Crippen LogP contribution in [-0.2, 0) is 16.1 Å². The lowest BCUT2D eigenvalue weighted by Gasteiger charge is -2.17. The van der Waals surface area contributed by atoms with Crippen LogP contribution in [0.1, 0.15) is 56.8 Å². The zero-order valence-corrected chi connectivity index (χ0v) is 17.2. The van der Waals surface area contributed by atoms with Gasteiger partial charge in [-0.15, -0.1) is 11.3 Å². The number of Topliss-reactive ketones (excluding diaryl/α,β-unsaturated/α-hetero) is 1. The molecule has 0 radical (unpaired) electrons. The lowest BCUT2D eigenvalue weighted by atomic mass is 9.96. The average molecular weight is 388 g/mol. The average Bonchev–Trinajstić information content (AvgIpc) is 3.05. The molecule has 0 unspecified atom stereocenters. The molecule has 2 aromatic rings. The van der Waals surface area contributed by atoms with E-state index in [1.165, 1.54) is 11.3 Å². The van der Waals surface area contributed by atoms with Crippen LogP contribution in [0.2, 0.25) is 0 Å². The van der Waals surface area contributed by atoms with E-state index in [4.69, 9.17) is 4.74 Å². The number of nitrogens with one attached hydrogen (secondary N) is 1. The molecule has 0 fully saturated rings. The van der Waals surface area contributed by atoms with Crippen molar-refractivity contribution in [2.45, 2.75) is 41.2 Å². The lowest BCUT2D eigenvalue weighted by Crippen LogP contribution is -2.34. The Morgan fingerprint density at radius 2 is 1.78 bits per heavy atom. The van der Waals surface area contributed by atoms with Crippen molar-refractivity contribution in [1.82, 2.24) is 5.32 Å². The number of amides is 1. The highest BCUT2D eigenvalue weighted by atomic mass is 32.1. The van der Waals surface area contributed by atoms with Gasteiger partial charge in [-0.25, -0.2) is 4.79 Å². The van der Waals surface area contributed by atoms with Crippen LogP contribution in [0, 0.1) is 19.3 Å². The van der Waals surface area contributed by atoms with Gasteiger partial charge in [0.2, 0.25) is 11.7 Å². The monoisotopic (exact) mass is 387 g/mol. The molecule has 144 valence electrons. The number of carbonyl (C=O) groups is 3. The molecule has 0 spiro atoms. The third kappa shape index (κ3) is 5.76. The van der Waals surface area contributed by atoms with Crippen molar-refractivity contribution in [3.8, 4) is 0 Å². The molecule has 1 aromatic carbocycles. The molecule has 2 rings (SSSR count). The van der Waals surface area contributed by atoms with E-state index in [1.807, 2.05) is 46.8 Å². The van der Waals surface area contributed by atoms with Crippen LogP contribution in [0.15, 0.2) is 30.3 Å².